The van der Waals surface area contributed by atoms with Crippen molar-refractivity contribution in [1.82, 2.24) is 4.90 Å². The van der Waals surface area contributed by atoms with Crippen molar-refractivity contribution in [2.24, 2.45) is 35.5 Å². The number of ketones is 3. The number of Topliss-reactive ketones (excluding diaryl/α,β-unsaturated/α-hetero) is 3. The number of methoxy groups -OCH3 is 4. The first kappa shape index (κ1) is 64.0. The number of aliphatic hydroxyl groups is 2. The van der Waals surface area contributed by atoms with E-state index in [4.69, 9.17) is 42.6 Å². The lowest BCUT2D eigenvalue weighted by Gasteiger charge is -2.43. The molecule has 4 aliphatic rings. The molecular weight excluding hydrogens is 967 g/mol. The lowest BCUT2D eigenvalue weighted by molar-refractivity contribution is -0.266. The topological polar surface area (TPSA) is 212 Å². The summed E-state index contributed by atoms with van der Waals surface area (Å²) in [6.07, 6.45) is 12.0. The van der Waals surface area contributed by atoms with Crippen LogP contribution in [0, 0.1) is 35.5 Å². The van der Waals surface area contributed by atoms with E-state index in [0.717, 1.165) is 18.4 Å². The second kappa shape index (κ2) is 32.4. The molecule has 1 aliphatic carbocycles. The van der Waals surface area contributed by atoms with Crippen molar-refractivity contribution in [2.45, 2.75) is 180 Å². The van der Waals surface area contributed by atoms with Crippen molar-refractivity contribution in [3.05, 3.63) is 47.6 Å². The minimum Gasteiger partial charge on any atom is -0.460 e. The summed E-state index contributed by atoms with van der Waals surface area (Å²) in [7, 11) is 6.27. The van der Waals surface area contributed by atoms with Crippen molar-refractivity contribution in [3.8, 4) is 0 Å². The predicted molar refractivity (Wildman–Crippen MR) is 282 cm³/mol. The van der Waals surface area contributed by atoms with Gasteiger partial charge in [0.25, 0.3) is 11.7 Å². The number of carbonyl (C=O) groups is 5. The molecule has 4 rings (SSSR count). The molecule has 15 atom stereocenters. The quantitative estimate of drug-likeness (QED) is 0.0698. The molecule has 3 fully saturated rings. The molecule has 3 aliphatic heterocycles. The number of allylic oxidation sites excluding steroid dienone is 6. The van der Waals surface area contributed by atoms with Crippen molar-refractivity contribution in [1.29, 1.82) is 0 Å². The number of nitrogens with zero attached hydrogens (tertiary/aromatic N) is 1. The van der Waals surface area contributed by atoms with Gasteiger partial charge in [0, 0.05) is 65.6 Å². The summed E-state index contributed by atoms with van der Waals surface area (Å²) in [6.45, 7) is 15.1. The van der Waals surface area contributed by atoms with Gasteiger partial charge in [-0.25, -0.2) is 4.79 Å². The molecular formula is C58H93NO16. The molecule has 2 bridgehead atoms. The maximum atomic E-state index is 14.6. The number of piperidine rings is 1. The Morgan fingerprint density at radius 1 is 0.773 bits per heavy atom. The van der Waals surface area contributed by atoms with Crippen LogP contribution < -0.4 is 0 Å². The van der Waals surface area contributed by atoms with E-state index in [1.807, 2.05) is 58.1 Å². The smallest absolute Gasteiger partial charge is 0.329 e. The van der Waals surface area contributed by atoms with Gasteiger partial charge in [-0.05, 0) is 107 Å². The Labute approximate surface area is 447 Å². The second-order valence-electron chi connectivity index (χ2n) is 21.7. The number of cyclic esters (lactones) is 1. The first-order chi connectivity index (χ1) is 35.8. The monoisotopic (exact) mass is 1060 g/mol. The summed E-state index contributed by atoms with van der Waals surface area (Å²) < 4.78 is 52.5. The zero-order chi connectivity index (χ0) is 55.2. The third-order valence-corrected chi connectivity index (χ3v) is 15.8. The number of amides is 1. The fourth-order valence-electron chi connectivity index (χ4n) is 11.0. The molecule has 0 spiro atoms. The van der Waals surface area contributed by atoms with Gasteiger partial charge in [0.15, 0.2) is 5.78 Å². The van der Waals surface area contributed by atoms with Crippen molar-refractivity contribution in [3.63, 3.8) is 0 Å². The first-order valence-electron chi connectivity index (χ1n) is 27.5. The van der Waals surface area contributed by atoms with Crippen LogP contribution >= 0.6 is 0 Å². The average Bonchev–Trinajstić information content (AvgIpc) is 3.39. The molecule has 0 radical (unpaired) electrons. The summed E-state index contributed by atoms with van der Waals surface area (Å²) >= 11 is 0. The first-order valence-corrected chi connectivity index (χ1v) is 27.5. The molecule has 0 aromatic heterocycles. The van der Waals surface area contributed by atoms with E-state index in [-0.39, 0.29) is 73.9 Å². The van der Waals surface area contributed by atoms with Gasteiger partial charge in [-0.2, -0.15) is 0 Å². The van der Waals surface area contributed by atoms with Gasteiger partial charge >= 0.3 is 5.97 Å². The SMILES string of the molecule is COCCOCCOC1C[C@@H]2CC[C@@H](C)[C@@](O)(O2)C(=O)C(=O)N2CCCC[C@H]2C(=O)OC([C@H](C)CC2CC[C@@H](OCCOC)[C@H](OC)C2)CC(=O)[C@H](C)/C=C(\C)[C@@H](O)[C@@H](OC)C(=O)[C@H](C)C[C@H](C)/C=C/C=C/C=C/1C. The number of aliphatic hydroxyl groups excluding tert-OH is 1. The highest BCUT2D eigenvalue weighted by atomic mass is 16.6. The van der Waals surface area contributed by atoms with Crippen molar-refractivity contribution in [2.75, 3.05) is 74.6 Å². The van der Waals surface area contributed by atoms with Crippen LogP contribution in [0.3, 0.4) is 0 Å². The van der Waals surface area contributed by atoms with Crippen LogP contribution in [0.25, 0.3) is 0 Å². The lowest BCUT2D eigenvalue weighted by atomic mass is 9.78. The van der Waals surface area contributed by atoms with E-state index in [9.17, 15) is 34.2 Å². The van der Waals surface area contributed by atoms with Crippen molar-refractivity contribution < 1.29 is 76.8 Å². The van der Waals surface area contributed by atoms with Crippen LogP contribution in [-0.4, -0.2) is 174 Å². The molecule has 2 saturated heterocycles. The van der Waals surface area contributed by atoms with E-state index >= 15 is 0 Å². The molecule has 75 heavy (non-hydrogen) atoms. The van der Waals surface area contributed by atoms with E-state index in [1.54, 1.807) is 48.2 Å². The molecule has 3 heterocycles. The van der Waals surface area contributed by atoms with Gasteiger partial charge in [0.1, 0.15) is 30.1 Å². The maximum absolute atomic E-state index is 14.6. The Bertz CT molecular complexity index is 1930. The van der Waals surface area contributed by atoms with Crippen molar-refractivity contribution >= 4 is 29.2 Å². The van der Waals surface area contributed by atoms with Crippen LogP contribution in [-0.2, 0) is 66.6 Å². The highest BCUT2D eigenvalue weighted by Crippen LogP contribution is 2.38. The zero-order valence-electron chi connectivity index (χ0n) is 47.0. The summed E-state index contributed by atoms with van der Waals surface area (Å²) in [4.78, 5) is 72.9. The molecule has 0 aromatic carbocycles. The Morgan fingerprint density at radius 2 is 1.48 bits per heavy atom. The fourth-order valence-corrected chi connectivity index (χ4v) is 11.0. The Kier molecular flexibility index (Phi) is 27.7. The van der Waals surface area contributed by atoms with Gasteiger partial charge in [-0.1, -0.05) is 71.1 Å². The van der Waals surface area contributed by atoms with E-state index in [0.29, 0.717) is 83.6 Å². The van der Waals surface area contributed by atoms with E-state index < -0.39 is 77.8 Å². The summed E-state index contributed by atoms with van der Waals surface area (Å²) in [6, 6.07) is -1.16. The van der Waals surface area contributed by atoms with E-state index in [2.05, 4.69) is 0 Å². The zero-order valence-corrected chi connectivity index (χ0v) is 47.0. The third-order valence-electron chi connectivity index (χ3n) is 15.8. The van der Waals surface area contributed by atoms with E-state index in [1.165, 1.54) is 12.0 Å². The minimum absolute atomic E-state index is 0.00579. The molecule has 0 aromatic rings. The number of carbonyl (C=O) groups excluding carboxylic acids is 5. The highest BCUT2D eigenvalue weighted by Gasteiger charge is 2.53. The van der Waals surface area contributed by atoms with Crippen LogP contribution in [0.2, 0.25) is 0 Å². The Morgan fingerprint density at radius 3 is 2.19 bits per heavy atom. The molecule has 426 valence electrons. The van der Waals surface area contributed by atoms with Gasteiger partial charge in [-0.3, -0.25) is 19.2 Å². The summed E-state index contributed by atoms with van der Waals surface area (Å²) in [5.41, 5.74) is 1.24. The maximum Gasteiger partial charge on any atom is 0.329 e. The highest BCUT2D eigenvalue weighted by molar-refractivity contribution is 6.39. The number of hydrogen-bond acceptors (Lipinski definition) is 16. The Balaban J connectivity index is 1.70. The Hall–Kier alpha value is -3.49. The molecule has 17 nitrogen and oxygen atoms in total. The molecule has 1 saturated carbocycles. The largest absolute Gasteiger partial charge is 0.460 e. The summed E-state index contributed by atoms with van der Waals surface area (Å²) in [5.74, 6) is -8.06. The normalized spacial score (nSPS) is 36.6. The van der Waals surface area contributed by atoms with Crippen LogP contribution in [0.5, 0.6) is 0 Å². The molecule has 2 N–H and O–H groups in total. The van der Waals surface area contributed by atoms with Gasteiger partial charge in [0.05, 0.1) is 64.1 Å². The van der Waals surface area contributed by atoms with Gasteiger partial charge in [-0.15, -0.1) is 0 Å². The van der Waals surface area contributed by atoms with Gasteiger partial charge in [0.2, 0.25) is 5.79 Å². The number of rotatable bonds is 16. The standard InChI is InChI=1S/C58H93NO16/c1-37-17-13-12-14-18-38(2)49(73-30-28-71-27-25-67-8)35-45-22-20-43(7)58(66,75-45)55(63)56(64)59-24-16-15-19-46(59)57(65)74-50(40(4)33-44-21-23-48(51(34-44)69-10)72-29-26-68-9)36-47(60)39(3)32-42(6)53(62)54(70-11)52(61)41(5)31-37/h12-14,17-18,32,37,39-41,43-46,48-51,53-54,62,66H,15-16,19-31,33-36H2,1-11H3/b14-12+,17-13+,38-18+,42-32+/t37-,39-,40-,41-,43-,44?,45+,46+,48-,49?,50?,51-,53-,54+,58-/m1/s1. The third kappa shape index (κ3) is 19.1. The minimum atomic E-state index is -2.47. The lowest BCUT2D eigenvalue weighted by Crippen LogP contribution is -2.61. The second-order valence-corrected chi connectivity index (χ2v) is 21.7. The molecule has 1 amide bonds. The summed E-state index contributed by atoms with van der Waals surface area (Å²) in [5, 5.41) is 23.7. The molecule has 17 heteroatoms. The van der Waals surface area contributed by atoms with Crippen LogP contribution in [0.15, 0.2) is 47.6 Å². The van der Waals surface area contributed by atoms with Crippen LogP contribution in [0.4, 0.5) is 0 Å². The fraction of sp³-hybridized carbons (Fsp3) is 0.776. The average molecular weight is 1060 g/mol. The number of hydrogen-bond donors (Lipinski definition) is 2. The van der Waals surface area contributed by atoms with Gasteiger partial charge < -0.3 is 57.7 Å². The number of fused-ring (bicyclic) bond motifs is 3. The van der Waals surface area contributed by atoms with Crippen LogP contribution in [0.1, 0.15) is 126 Å². The number of esters is 1. The number of ether oxygens (including phenoxy) is 9. The predicted octanol–water partition coefficient (Wildman–Crippen LogP) is 6.88. The molecule has 3 unspecified atom stereocenters.